The fourth-order valence-electron chi connectivity index (χ4n) is 1.77. The van der Waals surface area contributed by atoms with E-state index in [2.05, 4.69) is 10.6 Å². The van der Waals surface area contributed by atoms with E-state index in [9.17, 15) is 9.90 Å². The normalized spacial score (nSPS) is 9.95. The summed E-state index contributed by atoms with van der Waals surface area (Å²) in [7, 11) is 1.60. The molecule has 0 unspecified atom stereocenters. The van der Waals surface area contributed by atoms with E-state index in [-0.39, 0.29) is 11.7 Å². The van der Waals surface area contributed by atoms with Crippen molar-refractivity contribution in [2.24, 2.45) is 0 Å². The summed E-state index contributed by atoms with van der Waals surface area (Å²) in [5.41, 5.74) is 2.25. The third-order valence-electron chi connectivity index (χ3n) is 2.83. The van der Waals surface area contributed by atoms with E-state index >= 15 is 0 Å². The summed E-state index contributed by atoms with van der Waals surface area (Å²) in [6.07, 6.45) is 0. The molecule has 2 aromatic carbocycles. The summed E-state index contributed by atoms with van der Waals surface area (Å²) < 4.78 is 0. The Kier molecular flexibility index (Phi) is 4.03. The minimum atomic E-state index is -0.119. The molecule has 0 heterocycles. The predicted octanol–water partition coefficient (Wildman–Crippen LogP) is 2.36. The molecule has 2 rings (SSSR count). The van der Waals surface area contributed by atoms with Crippen molar-refractivity contribution >= 4 is 11.6 Å². The molecule has 1 amide bonds. The molecular formula is C15H16N2O2. The summed E-state index contributed by atoms with van der Waals surface area (Å²) in [6, 6.07) is 14.4. The number of amides is 1. The van der Waals surface area contributed by atoms with Gasteiger partial charge in [-0.15, -0.1) is 0 Å². The number of carbonyl (C=O) groups is 1. The molecule has 0 spiro atoms. The summed E-state index contributed by atoms with van der Waals surface area (Å²) in [5.74, 6) is 0.142. The Morgan fingerprint density at radius 3 is 2.68 bits per heavy atom. The van der Waals surface area contributed by atoms with Crippen molar-refractivity contribution in [2.45, 2.75) is 6.54 Å². The molecule has 0 aliphatic carbocycles. The zero-order valence-corrected chi connectivity index (χ0v) is 10.7. The zero-order chi connectivity index (χ0) is 13.7. The summed E-state index contributed by atoms with van der Waals surface area (Å²) in [6.45, 7) is 0.504. The number of hydrogen-bond acceptors (Lipinski definition) is 3. The first-order valence-electron chi connectivity index (χ1n) is 6.03. The number of anilines is 1. The fourth-order valence-corrected chi connectivity index (χ4v) is 1.77. The number of phenols is 1. The number of carbonyl (C=O) groups excluding carboxylic acids is 1. The van der Waals surface area contributed by atoms with Gasteiger partial charge in [0.1, 0.15) is 5.75 Å². The molecule has 19 heavy (non-hydrogen) atoms. The van der Waals surface area contributed by atoms with Gasteiger partial charge in [0.05, 0.1) is 0 Å². The van der Waals surface area contributed by atoms with Crippen molar-refractivity contribution in [2.75, 3.05) is 12.4 Å². The quantitative estimate of drug-likeness (QED) is 0.787. The SMILES string of the molecule is CNC(=O)c1cccc(NCc2ccccc2O)c1. The molecule has 98 valence electrons. The van der Waals surface area contributed by atoms with E-state index in [0.29, 0.717) is 12.1 Å². The van der Waals surface area contributed by atoms with Crippen LogP contribution in [0.2, 0.25) is 0 Å². The highest BCUT2D eigenvalue weighted by atomic mass is 16.3. The second-order valence-corrected chi connectivity index (χ2v) is 4.14. The molecule has 0 aromatic heterocycles. The number of phenolic OH excluding ortho intramolecular Hbond substituents is 1. The van der Waals surface area contributed by atoms with Crippen LogP contribution in [0.1, 0.15) is 15.9 Å². The lowest BCUT2D eigenvalue weighted by atomic mass is 10.1. The summed E-state index contributed by atoms with van der Waals surface area (Å²) >= 11 is 0. The van der Waals surface area contributed by atoms with E-state index in [1.807, 2.05) is 24.3 Å². The first kappa shape index (κ1) is 13.0. The van der Waals surface area contributed by atoms with Crippen molar-refractivity contribution in [1.29, 1.82) is 0 Å². The van der Waals surface area contributed by atoms with Gasteiger partial charge in [-0.25, -0.2) is 0 Å². The maximum atomic E-state index is 11.5. The van der Waals surface area contributed by atoms with Gasteiger partial charge in [0, 0.05) is 30.4 Å². The van der Waals surface area contributed by atoms with Crippen molar-refractivity contribution in [3.63, 3.8) is 0 Å². The van der Waals surface area contributed by atoms with Crippen LogP contribution in [0.15, 0.2) is 48.5 Å². The Morgan fingerprint density at radius 2 is 1.95 bits per heavy atom. The minimum absolute atomic E-state index is 0.119. The molecule has 0 bridgehead atoms. The molecule has 0 radical (unpaired) electrons. The highest BCUT2D eigenvalue weighted by molar-refractivity contribution is 5.94. The first-order chi connectivity index (χ1) is 9.20. The summed E-state index contributed by atoms with van der Waals surface area (Å²) in [4.78, 5) is 11.5. The molecule has 0 aliphatic rings. The first-order valence-corrected chi connectivity index (χ1v) is 6.03. The van der Waals surface area contributed by atoms with Crippen LogP contribution in [0, 0.1) is 0 Å². The van der Waals surface area contributed by atoms with E-state index in [4.69, 9.17) is 0 Å². The lowest BCUT2D eigenvalue weighted by Crippen LogP contribution is -2.17. The maximum absolute atomic E-state index is 11.5. The molecule has 0 fully saturated rings. The molecule has 0 saturated carbocycles. The van der Waals surface area contributed by atoms with Crippen LogP contribution in [-0.4, -0.2) is 18.1 Å². The van der Waals surface area contributed by atoms with Gasteiger partial charge >= 0.3 is 0 Å². The van der Waals surface area contributed by atoms with Crippen LogP contribution in [0.25, 0.3) is 0 Å². The molecule has 3 N–H and O–H groups in total. The Balaban J connectivity index is 2.08. The van der Waals surface area contributed by atoms with Gasteiger partial charge in [-0.2, -0.15) is 0 Å². The largest absolute Gasteiger partial charge is 0.508 e. The third-order valence-corrected chi connectivity index (χ3v) is 2.83. The van der Waals surface area contributed by atoms with Gasteiger partial charge in [-0.05, 0) is 24.3 Å². The minimum Gasteiger partial charge on any atom is -0.508 e. The Labute approximate surface area is 112 Å². The maximum Gasteiger partial charge on any atom is 0.251 e. The lowest BCUT2D eigenvalue weighted by molar-refractivity contribution is 0.0963. The molecule has 0 atom stereocenters. The second-order valence-electron chi connectivity index (χ2n) is 4.14. The van der Waals surface area contributed by atoms with Crippen molar-refractivity contribution in [1.82, 2.24) is 5.32 Å². The van der Waals surface area contributed by atoms with E-state index in [1.165, 1.54) is 0 Å². The van der Waals surface area contributed by atoms with Crippen LogP contribution < -0.4 is 10.6 Å². The Bertz CT molecular complexity index is 582. The topological polar surface area (TPSA) is 61.4 Å². The van der Waals surface area contributed by atoms with Crippen molar-refractivity contribution in [3.05, 3.63) is 59.7 Å². The second kappa shape index (κ2) is 5.91. The number of nitrogens with one attached hydrogen (secondary N) is 2. The van der Waals surface area contributed by atoms with Crippen LogP contribution >= 0.6 is 0 Å². The Hall–Kier alpha value is -2.49. The van der Waals surface area contributed by atoms with E-state index in [0.717, 1.165) is 11.3 Å². The standard InChI is InChI=1S/C15H16N2O2/c1-16-15(19)11-6-4-7-13(9-11)17-10-12-5-2-3-8-14(12)18/h2-9,17-18H,10H2,1H3,(H,16,19). The smallest absolute Gasteiger partial charge is 0.251 e. The third kappa shape index (κ3) is 3.25. The average Bonchev–Trinajstić information content (AvgIpc) is 2.46. The molecular weight excluding hydrogens is 240 g/mol. The van der Waals surface area contributed by atoms with Gasteiger partial charge < -0.3 is 15.7 Å². The Morgan fingerprint density at radius 1 is 1.16 bits per heavy atom. The highest BCUT2D eigenvalue weighted by Gasteiger charge is 2.04. The lowest BCUT2D eigenvalue weighted by Gasteiger charge is -2.09. The molecule has 2 aromatic rings. The van der Waals surface area contributed by atoms with Crippen LogP contribution in [0.4, 0.5) is 5.69 Å². The zero-order valence-electron chi connectivity index (χ0n) is 10.7. The number of hydrogen-bond donors (Lipinski definition) is 3. The fraction of sp³-hybridized carbons (Fsp3) is 0.133. The van der Waals surface area contributed by atoms with E-state index < -0.39 is 0 Å². The molecule has 4 heteroatoms. The summed E-state index contributed by atoms with van der Waals surface area (Å²) in [5, 5.41) is 15.4. The van der Waals surface area contributed by atoms with Gasteiger partial charge in [0.25, 0.3) is 5.91 Å². The number of aromatic hydroxyl groups is 1. The van der Waals surface area contributed by atoms with Gasteiger partial charge in [0.2, 0.25) is 0 Å². The number of benzene rings is 2. The van der Waals surface area contributed by atoms with Crippen LogP contribution in [0.3, 0.4) is 0 Å². The van der Waals surface area contributed by atoms with Gasteiger partial charge in [-0.3, -0.25) is 4.79 Å². The van der Waals surface area contributed by atoms with Gasteiger partial charge in [-0.1, -0.05) is 24.3 Å². The van der Waals surface area contributed by atoms with Crippen LogP contribution in [0.5, 0.6) is 5.75 Å². The van der Waals surface area contributed by atoms with Crippen LogP contribution in [-0.2, 0) is 6.54 Å². The predicted molar refractivity (Wildman–Crippen MR) is 75.3 cm³/mol. The average molecular weight is 256 g/mol. The van der Waals surface area contributed by atoms with E-state index in [1.54, 1.807) is 31.3 Å². The van der Waals surface area contributed by atoms with Crippen molar-refractivity contribution in [3.8, 4) is 5.75 Å². The molecule has 0 aliphatic heterocycles. The van der Waals surface area contributed by atoms with Gasteiger partial charge in [0.15, 0.2) is 0 Å². The number of para-hydroxylation sites is 1. The molecule has 0 saturated heterocycles. The highest BCUT2D eigenvalue weighted by Crippen LogP contribution is 2.18. The monoisotopic (exact) mass is 256 g/mol. The molecule has 4 nitrogen and oxygen atoms in total. The number of rotatable bonds is 4. The van der Waals surface area contributed by atoms with Crippen molar-refractivity contribution < 1.29 is 9.90 Å².